The highest BCUT2D eigenvalue weighted by Crippen LogP contribution is 2.24. The van der Waals surface area contributed by atoms with Crippen LogP contribution in [-0.4, -0.2) is 43.4 Å². The summed E-state index contributed by atoms with van der Waals surface area (Å²) in [7, 11) is -2.13. The Morgan fingerprint density at radius 3 is 2.41 bits per heavy atom. The molecule has 4 rings (SSSR count). The van der Waals surface area contributed by atoms with Crippen molar-refractivity contribution in [2.24, 2.45) is 0 Å². The maximum atomic E-state index is 13.0. The van der Waals surface area contributed by atoms with Gasteiger partial charge in [-0.15, -0.1) is 0 Å². The van der Waals surface area contributed by atoms with Gasteiger partial charge in [0.15, 0.2) is 5.58 Å². The molecule has 3 aromatic rings. The highest BCUT2D eigenvalue weighted by molar-refractivity contribution is 7.89. The van der Waals surface area contributed by atoms with Crippen molar-refractivity contribution >= 4 is 32.7 Å². The second kappa shape index (κ2) is 9.17. The van der Waals surface area contributed by atoms with Crippen molar-refractivity contribution in [1.82, 2.24) is 8.87 Å². The minimum Gasteiger partial charge on any atom is -0.497 e. The van der Waals surface area contributed by atoms with Crippen molar-refractivity contribution in [3.8, 4) is 5.75 Å². The van der Waals surface area contributed by atoms with Crippen LogP contribution in [0.3, 0.4) is 0 Å². The van der Waals surface area contributed by atoms with E-state index in [-0.39, 0.29) is 17.0 Å². The quantitative estimate of drug-likeness (QED) is 0.607. The number of carbonyl (C=O) groups is 1. The van der Waals surface area contributed by atoms with Gasteiger partial charge in [-0.25, -0.2) is 13.2 Å². The van der Waals surface area contributed by atoms with Crippen LogP contribution >= 0.6 is 0 Å². The average molecular weight is 460 g/mol. The Labute approximate surface area is 185 Å². The molecule has 0 unspecified atom stereocenters. The number of anilines is 1. The summed E-state index contributed by atoms with van der Waals surface area (Å²) in [5.41, 5.74) is 1.04. The van der Waals surface area contributed by atoms with Crippen molar-refractivity contribution in [1.29, 1.82) is 0 Å². The first kappa shape index (κ1) is 22.1. The summed E-state index contributed by atoms with van der Waals surface area (Å²) in [5, 5.41) is 2.71. The number of rotatable bonds is 6. The van der Waals surface area contributed by atoms with Crippen molar-refractivity contribution in [2.45, 2.75) is 37.1 Å². The summed E-state index contributed by atoms with van der Waals surface area (Å²) >= 11 is 0. The second-order valence-electron chi connectivity index (χ2n) is 7.68. The first-order valence-corrected chi connectivity index (χ1v) is 11.9. The Morgan fingerprint density at radius 2 is 1.75 bits per heavy atom. The van der Waals surface area contributed by atoms with E-state index in [1.165, 1.54) is 27.1 Å². The van der Waals surface area contributed by atoms with Crippen LogP contribution in [0.25, 0.3) is 11.1 Å². The monoisotopic (exact) mass is 459 g/mol. The van der Waals surface area contributed by atoms with Gasteiger partial charge in [-0.3, -0.25) is 9.36 Å². The van der Waals surface area contributed by atoms with Crippen molar-refractivity contribution < 1.29 is 22.4 Å². The zero-order valence-electron chi connectivity index (χ0n) is 17.7. The molecule has 0 atom stereocenters. The number of methoxy groups -OCH3 is 1. The fourth-order valence-corrected chi connectivity index (χ4v) is 5.34. The summed E-state index contributed by atoms with van der Waals surface area (Å²) in [4.78, 5) is 24.9. The van der Waals surface area contributed by atoms with Crippen LogP contribution in [0.2, 0.25) is 0 Å². The van der Waals surface area contributed by atoms with E-state index in [9.17, 15) is 18.0 Å². The highest BCUT2D eigenvalue weighted by atomic mass is 32.2. The van der Waals surface area contributed by atoms with E-state index >= 15 is 0 Å². The molecular formula is C22H25N3O6S. The number of nitrogens with zero attached hydrogens (tertiary/aromatic N) is 2. The minimum absolute atomic E-state index is 0.0792. The predicted molar refractivity (Wildman–Crippen MR) is 119 cm³/mol. The molecule has 1 aliphatic heterocycles. The Hall–Kier alpha value is -3.11. The number of amides is 1. The minimum atomic E-state index is -3.68. The van der Waals surface area contributed by atoms with Gasteiger partial charge < -0.3 is 14.5 Å². The lowest BCUT2D eigenvalue weighted by atomic mass is 10.2. The van der Waals surface area contributed by atoms with E-state index in [4.69, 9.17) is 9.15 Å². The van der Waals surface area contributed by atoms with Gasteiger partial charge >= 0.3 is 5.76 Å². The lowest BCUT2D eigenvalue weighted by Crippen LogP contribution is -2.31. The van der Waals surface area contributed by atoms with E-state index in [0.717, 1.165) is 25.7 Å². The van der Waals surface area contributed by atoms with E-state index in [2.05, 4.69) is 5.32 Å². The number of aromatic nitrogens is 1. The first-order valence-electron chi connectivity index (χ1n) is 10.5. The number of sulfonamides is 1. The fourth-order valence-electron chi connectivity index (χ4n) is 3.81. The van der Waals surface area contributed by atoms with E-state index < -0.39 is 21.7 Å². The third-order valence-electron chi connectivity index (χ3n) is 5.52. The Bertz CT molecular complexity index is 1270. The molecule has 170 valence electrons. The largest absolute Gasteiger partial charge is 0.497 e. The maximum Gasteiger partial charge on any atom is 0.420 e. The topological polar surface area (TPSA) is 111 Å². The van der Waals surface area contributed by atoms with Gasteiger partial charge in [0.05, 0.1) is 17.5 Å². The third-order valence-corrected chi connectivity index (χ3v) is 7.41. The Morgan fingerprint density at radius 1 is 1.06 bits per heavy atom. The molecule has 0 bridgehead atoms. The lowest BCUT2D eigenvalue weighted by molar-refractivity contribution is -0.116. The number of nitrogens with one attached hydrogen (secondary N) is 1. The molecule has 1 aliphatic rings. The molecule has 10 heteroatoms. The van der Waals surface area contributed by atoms with Crippen molar-refractivity contribution in [2.75, 3.05) is 25.5 Å². The van der Waals surface area contributed by atoms with E-state index in [0.29, 0.717) is 30.0 Å². The van der Waals surface area contributed by atoms with E-state index in [1.807, 2.05) is 0 Å². The zero-order chi connectivity index (χ0) is 22.7. The third kappa shape index (κ3) is 4.56. The number of fused-ring (bicyclic) bond motifs is 1. The zero-order valence-corrected chi connectivity index (χ0v) is 18.6. The number of carbonyl (C=O) groups excluding carboxylic acids is 1. The van der Waals surface area contributed by atoms with Crippen LogP contribution in [0.4, 0.5) is 5.69 Å². The number of benzene rings is 2. The molecule has 2 heterocycles. The van der Waals surface area contributed by atoms with Crippen LogP contribution in [0, 0.1) is 0 Å². The molecule has 1 amide bonds. The van der Waals surface area contributed by atoms with Crippen LogP contribution in [0.5, 0.6) is 5.75 Å². The number of oxazole rings is 1. The smallest absolute Gasteiger partial charge is 0.420 e. The summed E-state index contributed by atoms with van der Waals surface area (Å²) in [5.74, 6) is -0.485. The summed E-state index contributed by atoms with van der Waals surface area (Å²) in [6.07, 6.45) is 3.69. The van der Waals surface area contributed by atoms with Gasteiger partial charge in [0, 0.05) is 24.8 Å². The molecule has 1 saturated heterocycles. The summed E-state index contributed by atoms with van der Waals surface area (Å²) < 4.78 is 39.1. The van der Waals surface area contributed by atoms with Gasteiger partial charge in [-0.1, -0.05) is 12.8 Å². The lowest BCUT2D eigenvalue weighted by Gasteiger charge is -2.19. The first-order chi connectivity index (χ1) is 15.4. The predicted octanol–water partition coefficient (Wildman–Crippen LogP) is 2.81. The van der Waals surface area contributed by atoms with Gasteiger partial charge in [0.1, 0.15) is 12.3 Å². The van der Waals surface area contributed by atoms with Gasteiger partial charge in [0.2, 0.25) is 15.9 Å². The van der Waals surface area contributed by atoms with E-state index in [1.54, 1.807) is 31.4 Å². The number of ether oxygens (including phenoxy) is 1. The molecule has 1 aromatic heterocycles. The summed E-state index contributed by atoms with van der Waals surface area (Å²) in [6, 6.07) is 11.1. The molecule has 1 N–H and O–H groups in total. The normalized spacial score (nSPS) is 15.4. The SMILES string of the molecule is COc1ccc(NC(=O)Cn2c(=O)oc3cc(S(=O)(=O)N4CCCCCC4)ccc32)cc1. The fraction of sp³-hybridized carbons (Fsp3) is 0.364. The molecular weight excluding hydrogens is 434 g/mol. The molecule has 0 spiro atoms. The van der Waals surface area contributed by atoms with Gasteiger partial charge in [0.25, 0.3) is 0 Å². The van der Waals surface area contributed by atoms with Crippen molar-refractivity contribution in [3.05, 3.63) is 53.0 Å². The second-order valence-corrected chi connectivity index (χ2v) is 9.62. The van der Waals surface area contributed by atoms with Crippen molar-refractivity contribution in [3.63, 3.8) is 0 Å². The number of hydrogen-bond acceptors (Lipinski definition) is 6. The molecule has 9 nitrogen and oxygen atoms in total. The van der Waals surface area contributed by atoms with Gasteiger partial charge in [-0.05, 0) is 49.2 Å². The molecule has 0 aliphatic carbocycles. The van der Waals surface area contributed by atoms with Crippen LogP contribution in [-0.2, 0) is 21.4 Å². The number of hydrogen-bond donors (Lipinski definition) is 1. The molecule has 0 saturated carbocycles. The van der Waals surface area contributed by atoms with Crippen LogP contribution in [0.15, 0.2) is 56.6 Å². The Kier molecular flexibility index (Phi) is 6.33. The Balaban J connectivity index is 1.55. The van der Waals surface area contributed by atoms with Gasteiger partial charge in [-0.2, -0.15) is 4.31 Å². The maximum absolute atomic E-state index is 13.0. The van der Waals surface area contributed by atoms with Crippen LogP contribution in [0.1, 0.15) is 25.7 Å². The van der Waals surface area contributed by atoms with Crippen LogP contribution < -0.4 is 15.8 Å². The average Bonchev–Trinajstić information content (AvgIpc) is 2.96. The molecule has 0 radical (unpaired) electrons. The molecule has 2 aromatic carbocycles. The summed E-state index contributed by atoms with van der Waals surface area (Å²) in [6.45, 7) is 0.698. The highest BCUT2D eigenvalue weighted by Gasteiger charge is 2.26. The standard InChI is InChI=1S/C22H25N3O6S/c1-30-17-8-6-16(7-9-17)23-21(26)15-25-19-11-10-18(14-20(19)31-22(25)27)32(28,29)24-12-4-2-3-5-13-24/h6-11,14H,2-5,12-13,15H2,1H3,(H,23,26). The molecule has 1 fully saturated rings. The molecule has 32 heavy (non-hydrogen) atoms.